The molecule has 0 aromatic heterocycles. The molecule has 16 heavy (non-hydrogen) atoms. The minimum atomic E-state index is 0.438. The molecule has 0 aliphatic rings. The summed E-state index contributed by atoms with van der Waals surface area (Å²) in [6.07, 6.45) is 1.10. The first-order valence-electron chi connectivity index (χ1n) is 5.57. The highest BCUT2D eigenvalue weighted by molar-refractivity contribution is 6.17. The molecule has 1 atom stereocenters. The summed E-state index contributed by atoms with van der Waals surface area (Å²) in [7, 11) is 1.64. The Bertz CT molecular complexity index is 303. The van der Waals surface area contributed by atoms with Crippen LogP contribution in [0.15, 0.2) is 18.2 Å². The molecule has 2 nitrogen and oxygen atoms in total. The third-order valence-corrected chi connectivity index (χ3v) is 2.92. The Morgan fingerprint density at radius 3 is 2.69 bits per heavy atom. The zero-order valence-electron chi connectivity index (χ0n) is 10.1. The molecule has 0 spiro atoms. The van der Waals surface area contributed by atoms with E-state index < -0.39 is 0 Å². The SMILES string of the molecule is CCC(C)COc1c(CCl)cccc1OC. The first-order chi connectivity index (χ1) is 7.72. The maximum absolute atomic E-state index is 5.87. The van der Waals surface area contributed by atoms with Crippen LogP contribution in [0, 0.1) is 5.92 Å². The second-order valence-electron chi connectivity index (χ2n) is 3.91. The van der Waals surface area contributed by atoms with Gasteiger partial charge in [-0.3, -0.25) is 0 Å². The van der Waals surface area contributed by atoms with Crippen molar-refractivity contribution in [2.24, 2.45) is 5.92 Å². The first kappa shape index (κ1) is 13.2. The Labute approximate surface area is 103 Å². The zero-order valence-corrected chi connectivity index (χ0v) is 10.9. The van der Waals surface area contributed by atoms with Gasteiger partial charge in [-0.15, -0.1) is 11.6 Å². The summed E-state index contributed by atoms with van der Waals surface area (Å²) in [5, 5.41) is 0. The molecule has 0 aliphatic carbocycles. The number of methoxy groups -OCH3 is 1. The molecule has 1 aromatic rings. The van der Waals surface area contributed by atoms with Gasteiger partial charge in [0.15, 0.2) is 11.5 Å². The van der Waals surface area contributed by atoms with Crippen molar-refractivity contribution in [1.29, 1.82) is 0 Å². The summed E-state index contributed by atoms with van der Waals surface area (Å²) >= 11 is 5.87. The molecule has 0 saturated carbocycles. The van der Waals surface area contributed by atoms with Gasteiger partial charge in [0, 0.05) is 5.56 Å². The lowest BCUT2D eigenvalue weighted by molar-refractivity contribution is 0.243. The minimum absolute atomic E-state index is 0.438. The predicted molar refractivity (Wildman–Crippen MR) is 67.5 cm³/mol. The molecular weight excluding hydrogens is 224 g/mol. The van der Waals surface area contributed by atoms with Crippen molar-refractivity contribution in [3.8, 4) is 11.5 Å². The maximum Gasteiger partial charge on any atom is 0.165 e. The molecule has 1 unspecified atom stereocenters. The molecule has 0 aliphatic heterocycles. The lowest BCUT2D eigenvalue weighted by Crippen LogP contribution is -2.09. The molecule has 0 radical (unpaired) electrons. The van der Waals surface area contributed by atoms with Crippen molar-refractivity contribution in [3.05, 3.63) is 23.8 Å². The van der Waals surface area contributed by atoms with E-state index in [0.29, 0.717) is 18.4 Å². The molecule has 0 fully saturated rings. The van der Waals surface area contributed by atoms with Crippen LogP contribution in [0.2, 0.25) is 0 Å². The van der Waals surface area contributed by atoms with Gasteiger partial charge in [-0.1, -0.05) is 32.4 Å². The van der Waals surface area contributed by atoms with Gasteiger partial charge >= 0.3 is 0 Å². The van der Waals surface area contributed by atoms with Crippen molar-refractivity contribution < 1.29 is 9.47 Å². The van der Waals surface area contributed by atoms with Crippen molar-refractivity contribution in [2.75, 3.05) is 13.7 Å². The number of hydrogen-bond acceptors (Lipinski definition) is 2. The van der Waals surface area contributed by atoms with Crippen LogP contribution in [0.3, 0.4) is 0 Å². The van der Waals surface area contributed by atoms with Gasteiger partial charge in [-0.2, -0.15) is 0 Å². The van der Waals surface area contributed by atoms with E-state index in [9.17, 15) is 0 Å². The lowest BCUT2D eigenvalue weighted by atomic mass is 10.1. The highest BCUT2D eigenvalue weighted by Gasteiger charge is 2.10. The summed E-state index contributed by atoms with van der Waals surface area (Å²) < 4.78 is 11.1. The monoisotopic (exact) mass is 242 g/mol. The second-order valence-corrected chi connectivity index (χ2v) is 4.17. The summed E-state index contributed by atoms with van der Waals surface area (Å²) in [6, 6.07) is 5.77. The van der Waals surface area contributed by atoms with Crippen LogP contribution in [-0.4, -0.2) is 13.7 Å². The van der Waals surface area contributed by atoms with E-state index in [-0.39, 0.29) is 0 Å². The third kappa shape index (κ3) is 3.31. The average molecular weight is 243 g/mol. The Kier molecular flexibility index (Phi) is 5.47. The number of benzene rings is 1. The van der Waals surface area contributed by atoms with Crippen LogP contribution in [0.5, 0.6) is 11.5 Å². The van der Waals surface area contributed by atoms with Crippen molar-refractivity contribution in [2.45, 2.75) is 26.1 Å². The van der Waals surface area contributed by atoms with E-state index in [2.05, 4.69) is 13.8 Å². The largest absolute Gasteiger partial charge is 0.493 e. The van der Waals surface area contributed by atoms with E-state index in [0.717, 1.165) is 23.5 Å². The Morgan fingerprint density at radius 1 is 1.38 bits per heavy atom. The van der Waals surface area contributed by atoms with E-state index in [1.54, 1.807) is 7.11 Å². The van der Waals surface area contributed by atoms with Crippen molar-refractivity contribution >= 4 is 11.6 Å². The Morgan fingerprint density at radius 2 is 2.12 bits per heavy atom. The van der Waals surface area contributed by atoms with Gasteiger partial charge in [0.2, 0.25) is 0 Å². The number of hydrogen-bond donors (Lipinski definition) is 0. The normalized spacial score (nSPS) is 12.2. The molecule has 3 heteroatoms. The zero-order chi connectivity index (χ0) is 12.0. The smallest absolute Gasteiger partial charge is 0.165 e. The van der Waals surface area contributed by atoms with Gasteiger partial charge in [-0.05, 0) is 12.0 Å². The number of para-hydroxylation sites is 1. The van der Waals surface area contributed by atoms with E-state index in [1.165, 1.54) is 0 Å². The van der Waals surface area contributed by atoms with E-state index >= 15 is 0 Å². The number of alkyl halides is 1. The highest BCUT2D eigenvalue weighted by atomic mass is 35.5. The highest BCUT2D eigenvalue weighted by Crippen LogP contribution is 2.32. The Hall–Kier alpha value is -0.890. The standard InChI is InChI=1S/C13H19ClO2/c1-4-10(2)9-16-13-11(8-14)6-5-7-12(13)15-3/h5-7,10H,4,8-9H2,1-3H3. The molecule has 0 heterocycles. The topological polar surface area (TPSA) is 18.5 Å². The summed E-state index contributed by atoms with van der Waals surface area (Å²) in [5.41, 5.74) is 0.976. The molecule has 0 saturated heterocycles. The quantitative estimate of drug-likeness (QED) is 0.706. The molecule has 0 N–H and O–H groups in total. The van der Waals surface area contributed by atoms with Gasteiger partial charge in [0.05, 0.1) is 19.6 Å². The second kappa shape index (κ2) is 6.64. The van der Waals surface area contributed by atoms with Crippen LogP contribution in [-0.2, 0) is 5.88 Å². The van der Waals surface area contributed by atoms with Crippen molar-refractivity contribution in [1.82, 2.24) is 0 Å². The molecule has 1 rings (SSSR count). The number of ether oxygens (including phenoxy) is 2. The fraction of sp³-hybridized carbons (Fsp3) is 0.538. The van der Waals surface area contributed by atoms with Crippen molar-refractivity contribution in [3.63, 3.8) is 0 Å². The minimum Gasteiger partial charge on any atom is -0.493 e. The van der Waals surface area contributed by atoms with E-state index in [4.69, 9.17) is 21.1 Å². The van der Waals surface area contributed by atoms with Crippen LogP contribution in [0.1, 0.15) is 25.8 Å². The Balaban J connectivity index is 2.82. The number of halogens is 1. The predicted octanol–water partition coefficient (Wildman–Crippen LogP) is 3.86. The fourth-order valence-corrected chi connectivity index (χ4v) is 1.54. The maximum atomic E-state index is 5.87. The van der Waals surface area contributed by atoms with Crippen LogP contribution >= 0.6 is 11.6 Å². The molecule has 1 aromatic carbocycles. The fourth-order valence-electron chi connectivity index (χ4n) is 1.33. The van der Waals surface area contributed by atoms with Gasteiger partial charge < -0.3 is 9.47 Å². The van der Waals surface area contributed by atoms with Crippen LogP contribution in [0.25, 0.3) is 0 Å². The van der Waals surface area contributed by atoms with Gasteiger partial charge in [0.1, 0.15) is 0 Å². The lowest BCUT2D eigenvalue weighted by Gasteiger charge is -2.16. The van der Waals surface area contributed by atoms with Crippen LogP contribution in [0.4, 0.5) is 0 Å². The molecule has 0 bridgehead atoms. The molecular formula is C13H19ClO2. The summed E-state index contributed by atoms with van der Waals surface area (Å²) in [6.45, 7) is 5.01. The molecule has 0 amide bonds. The van der Waals surface area contributed by atoms with Gasteiger partial charge in [0.25, 0.3) is 0 Å². The molecule has 90 valence electrons. The third-order valence-electron chi connectivity index (χ3n) is 2.63. The number of rotatable bonds is 6. The first-order valence-corrected chi connectivity index (χ1v) is 6.11. The van der Waals surface area contributed by atoms with Crippen LogP contribution < -0.4 is 9.47 Å². The average Bonchev–Trinajstić information content (AvgIpc) is 2.35. The van der Waals surface area contributed by atoms with Gasteiger partial charge in [-0.25, -0.2) is 0 Å². The summed E-state index contributed by atoms with van der Waals surface area (Å²) in [4.78, 5) is 0. The van der Waals surface area contributed by atoms with E-state index in [1.807, 2.05) is 18.2 Å². The summed E-state index contributed by atoms with van der Waals surface area (Å²) in [5.74, 6) is 2.50.